The van der Waals surface area contributed by atoms with Crippen LogP contribution in [0.4, 0.5) is 5.69 Å². The number of alkyl halides is 1. The van der Waals surface area contributed by atoms with Crippen molar-refractivity contribution in [2.75, 3.05) is 5.32 Å². The number of benzene rings is 2. The van der Waals surface area contributed by atoms with Crippen LogP contribution in [0.25, 0.3) is 0 Å². The van der Waals surface area contributed by atoms with Gasteiger partial charge in [-0.15, -0.1) is 11.6 Å². The van der Waals surface area contributed by atoms with Gasteiger partial charge in [0, 0.05) is 16.6 Å². The molecule has 0 spiro atoms. The Balaban J connectivity index is 1.94. The first-order valence-electron chi connectivity index (χ1n) is 6.87. The molecule has 1 amide bonds. The summed E-state index contributed by atoms with van der Waals surface area (Å²) in [6, 6.07) is 12.2. The van der Waals surface area contributed by atoms with Gasteiger partial charge in [-0.3, -0.25) is 4.79 Å². The summed E-state index contributed by atoms with van der Waals surface area (Å²) in [4.78, 5) is 11.4. The molecule has 2 nitrogen and oxygen atoms in total. The summed E-state index contributed by atoms with van der Waals surface area (Å²) in [5.41, 5.74) is 5.37. The van der Waals surface area contributed by atoms with Crippen LogP contribution in [0.2, 0.25) is 0 Å². The molecule has 2 aromatic carbocycles. The van der Waals surface area contributed by atoms with E-state index in [0.29, 0.717) is 6.42 Å². The third kappa shape index (κ3) is 3.14. The number of halogens is 2. The standard InChI is InChI=1S/C17H15BrClNO/c1-10-6-13(9-14(18)7-10)17(19)12-2-4-15-11(8-12)3-5-16(21)20-15/h2,4,6-9,17H,3,5H2,1H3,(H,20,21). The smallest absolute Gasteiger partial charge is 0.224 e. The zero-order valence-electron chi connectivity index (χ0n) is 11.6. The van der Waals surface area contributed by atoms with E-state index < -0.39 is 0 Å². The van der Waals surface area contributed by atoms with Crippen LogP contribution in [0.5, 0.6) is 0 Å². The lowest BCUT2D eigenvalue weighted by atomic mass is 9.96. The van der Waals surface area contributed by atoms with E-state index in [2.05, 4.69) is 46.4 Å². The quantitative estimate of drug-likeness (QED) is 0.749. The van der Waals surface area contributed by atoms with Crippen molar-refractivity contribution in [3.63, 3.8) is 0 Å². The van der Waals surface area contributed by atoms with Gasteiger partial charge in [-0.05, 0) is 53.8 Å². The molecule has 0 saturated carbocycles. The fourth-order valence-corrected chi connectivity index (χ4v) is 3.55. The molecular weight excluding hydrogens is 350 g/mol. The molecule has 1 unspecified atom stereocenters. The molecule has 1 N–H and O–H groups in total. The van der Waals surface area contributed by atoms with Crippen molar-refractivity contribution in [2.24, 2.45) is 0 Å². The molecule has 1 aliphatic heterocycles. The molecular formula is C17H15BrClNO. The maximum absolute atomic E-state index is 11.4. The van der Waals surface area contributed by atoms with Crippen molar-refractivity contribution in [1.29, 1.82) is 0 Å². The van der Waals surface area contributed by atoms with Crippen LogP contribution in [0.3, 0.4) is 0 Å². The molecule has 0 radical (unpaired) electrons. The summed E-state index contributed by atoms with van der Waals surface area (Å²) in [6.45, 7) is 2.06. The number of carbonyl (C=O) groups excluding carboxylic acids is 1. The number of hydrogen-bond donors (Lipinski definition) is 1. The van der Waals surface area contributed by atoms with Gasteiger partial charge in [0.2, 0.25) is 5.91 Å². The highest BCUT2D eigenvalue weighted by Gasteiger charge is 2.18. The lowest BCUT2D eigenvalue weighted by Crippen LogP contribution is -2.19. The molecule has 0 bridgehead atoms. The van der Waals surface area contributed by atoms with E-state index in [1.54, 1.807) is 0 Å². The van der Waals surface area contributed by atoms with Gasteiger partial charge in [-0.25, -0.2) is 0 Å². The number of aryl methyl sites for hydroxylation is 2. The molecule has 1 aliphatic rings. The zero-order chi connectivity index (χ0) is 15.0. The Kier molecular flexibility index (Phi) is 4.05. The average Bonchev–Trinajstić information content (AvgIpc) is 2.45. The first kappa shape index (κ1) is 14.6. The van der Waals surface area contributed by atoms with Gasteiger partial charge in [0.25, 0.3) is 0 Å². The highest BCUT2D eigenvalue weighted by molar-refractivity contribution is 9.10. The Bertz CT molecular complexity index is 694. The Morgan fingerprint density at radius 3 is 2.71 bits per heavy atom. The van der Waals surface area contributed by atoms with Crippen LogP contribution in [-0.4, -0.2) is 5.91 Å². The molecule has 3 rings (SSSR count). The van der Waals surface area contributed by atoms with Gasteiger partial charge in [0.1, 0.15) is 0 Å². The van der Waals surface area contributed by atoms with Gasteiger partial charge < -0.3 is 5.32 Å². The van der Waals surface area contributed by atoms with E-state index >= 15 is 0 Å². The van der Waals surface area contributed by atoms with Gasteiger partial charge in [-0.1, -0.05) is 34.1 Å². The number of amides is 1. The summed E-state index contributed by atoms with van der Waals surface area (Å²) in [6.07, 6.45) is 1.32. The normalized spacial score (nSPS) is 15.3. The van der Waals surface area contributed by atoms with Crippen LogP contribution >= 0.6 is 27.5 Å². The van der Waals surface area contributed by atoms with E-state index in [0.717, 1.165) is 33.3 Å². The first-order valence-corrected chi connectivity index (χ1v) is 8.10. The zero-order valence-corrected chi connectivity index (χ0v) is 14.0. The number of fused-ring (bicyclic) bond motifs is 1. The molecule has 1 heterocycles. The second-order valence-electron chi connectivity index (χ2n) is 5.39. The molecule has 21 heavy (non-hydrogen) atoms. The monoisotopic (exact) mass is 363 g/mol. The fraction of sp³-hybridized carbons (Fsp3) is 0.235. The van der Waals surface area contributed by atoms with Gasteiger partial charge in [0.15, 0.2) is 0 Å². The molecule has 0 aliphatic carbocycles. The van der Waals surface area contributed by atoms with Crippen molar-refractivity contribution in [2.45, 2.75) is 25.1 Å². The largest absolute Gasteiger partial charge is 0.326 e. The molecule has 0 aromatic heterocycles. The topological polar surface area (TPSA) is 29.1 Å². The average molecular weight is 365 g/mol. The van der Waals surface area contributed by atoms with Crippen LogP contribution in [0, 0.1) is 6.92 Å². The minimum Gasteiger partial charge on any atom is -0.326 e. The maximum Gasteiger partial charge on any atom is 0.224 e. The number of rotatable bonds is 2. The van der Waals surface area contributed by atoms with Crippen molar-refractivity contribution in [3.8, 4) is 0 Å². The van der Waals surface area contributed by atoms with Crippen LogP contribution < -0.4 is 5.32 Å². The Morgan fingerprint density at radius 2 is 1.95 bits per heavy atom. The number of anilines is 1. The Morgan fingerprint density at radius 1 is 1.14 bits per heavy atom. The highest BCUT2D eigenvalue weighted by Crippen LogP contribution is 2.34. The maximum atomic E-state index is 11.4. The molecule has 4 heteroatoms. The molecule has 108 valence electrons. The Hall–Kier alpha value is -1.32. The van der Waals surface area contributed by atoms with E-state index in [9.17, 15) is 4.79 Å². The van der Waals surface area contributed by atoms with Crippen LogP contribution in [-0.2, 0) is 11.2 Å². The van der Waals surface area contributed by atoms with Crippen LogP contribution in [0.1, 0.15) is 34.1 Å². The Labute approximate surface area is 137 Å². The summed E-state index contributed by atoms with van der Waals surface area (Å²) in [5.74, 6) is 0.0836. The molecule has 1 atom stereocenters. The van der Waals surface area contributed by atoms with E-state index in [-0.39, 0.29) is 11.3 Å². The lowest BCUT2D eigenvalue weighted by Gasteiger charge is -2.19. The number of carbonyl (C=O) groups is 1. The second kappa shape index (κ2) is 5.82. The lowest BCUT2D eigenvalue weighted by molar-refractivity contribution is -0.116. The van der Waals surface area contributed by atoms with Crippen molar-refractivity contribution >= 4 is 39.1 Å². The van der Waals surface area contributed by atoms with Gasteiger partial charge >= 0.3 is 0 Å². The first-order chi connectivity index (χ1) is 10.0. The summed E-state index contributed by atoms with van der Waals surface area (Å²) in [5, 5.41) is 2.70. The van der Waals surface area contributed by atoms with Crippen molar-refractivity contribution in [1.82, 2.24) is 0 Å². The molecule has 2 aromatic rings. The number of nitrogens with one attached hydrogen (secondary N) is 1. The highest BCUT2D eigenvalue weighted by atomic mass is 79.9. The van der Waals surface area contributed by atoms with E-state index in [1.807, 2.05) is 18.2 Å². The predicted octanol–water partition coefficient (Wildman–Crippen LogP) is 4.97. The third-order valence-electron chi connectivity index (χ3n) is 3.67. The minimum atomic E-state index is -0.191. The molecule has 0 fully saturated rings. The summed E-state index contributed by atoms with van der Waals surface area (Å²) < 4.78 is 1.04. The molecule has 0 saturated heterocycles. The SMILES string of the molecule is Cc1cc(Br)cc(C(Cl)c2ccc3c(c2)CCC(=O)N3)c1. The van der Waals surface area contributed by atoms with Crippen molar-refractivity contribution in [3.05, 3.63) is 63.1 Å². The summed E-state index contributed by atoms with van der Waals surface area (Å²) in [7, 11) is 0. The van der Waals surface area contributed by atoms with Crippen LogP contribution in [0.15, 0.2) is 40.9 Å². The van der Waals surface area contributed by atoms with Crippen molar-refractivity contribution < 1.29 is 4.79 Å². The second-order valence-corrected chi connectivity index (χ2v) is 6.74. The minimum absolute atomic E-state index is 0.0836. The summed E-state index contributed by atoms with van der Waals surface area (Å²) >= 11 is 10.2. The fourth-order valence-electron chi connectivity index (χ4n) is 2.66. The number of hydrogen-bond acceptors (Lipinski definition) is 1. The van der Waals surface area contributed by atoms with E-state index in [1.165, 1.54) is 5.56 Å². The third-order valence-corrected chi connectivity index (χ3v) is 4.64. The van der Waals surface area contributed by atoms with E-state index in [4.69, 9.17) is 11.6 Å². The van der Waals surface area contributed by atoms with Gasteiger partial charge in [-0.2, -0.15) is 0 Å². The predicted molar refractivity (Wildman–Crippen MR) is 90.0 cm³/mol. The van der Waals surface area contributed by atoms with Gasteiger partial charge in [0.05, 0.1) is 5.38 Å².